The Labute approximate surface area is 193 Å². The Morgan fingerprint density at radius 2 is 2.06 bits per heavy atom. The zero-order valence-corrected chi connectivity index (χ0v) is 18.6. The van der Waals surface area contributed by atoms with Gasteiger partial charge >= 0.3 is 0 Å². The lowest BCUT2D eigenvalue weighted by molar-refractivity contribution is -0.383. The molecule has 1 amide bonds. The van der Waals surface area contributed by atoms with Gasteiger partial charge in [0.15, 0.2) is 0 Å². The molecule has 1 aromatic carbocycles. The number of aryl methyl sites for hydroxylation is 1. The Morgan fingerprint density at radius 3 is 2.82 bits per heavy atom. The van der Waals surface area contributed by atoms with Gasteiger partial charge in [-0.2, -0.15) is 4.98 Å². The van der Waals surface area contributed by atoms with E-state index in [4.69, 9.17) is 4.52 Å². The molecular formula is C22H22N6O4S. The number of fused-ring (bicyclic) bond motifs is 1. The lowest BCUT2D eigenvalue weighted by atomic mass is 10.2. The number of carbonyl (C=O) groups excluding carboxylic acids is 1. The molecule has 1 aliphatic rings. The van der Waals surface area contributed by atoms with Crippen molar-refractivity contribution >= 4 is 33.8 Å². The molecule has 1 N–H and O–H groups in total. The Kier molecular flexibility index (Phi) is 5.88. The van der Waals surface area contributed by atoms with E-state index in [0.717, 1.165) is 30.9 Å². The summed E-state index contributed by atoms with van der Waals surface area (Å²) < 4.78 is 5.35. The molecule has 11 heteroatoms. The van der Waals surface area contributed by atoms with Gasteiger partial charge in [0.25, 0.3) is 11.6 Å². The van der Waals surface area contributed by atoms with Gasteiger partial charge in [-0.15, -0.1) is 11.3 Å². The first-order chi connectivity index (χ1) is 16.1. The molecule has 1 saturated heterocycles. The number of nitrogens with zero attached hydrogens (tertiary/aromatic N) is 5. The quantitative estimate of drug-likeness (QED) is 0.326. The Balaban J connectivity index is 1.12. The normalized spacial score (nSPS) is 14.7. The molecule has 0 aliphatic carbocycles. The van der Waals surface area contributed by atoms with Crippen molar-refractivity contribution in [3.05, 3.63) is 63.5 Å². The van der Waals surface area contributed by atoms with Gasteiger partial charge in [0.2, 0.25) is 11.7 Å². The molecule has 0 saturated carbocycles. The summed E-state index contributed by atoms with van der Waals surface area (Å²) in [6.45, 7) is 3.66. The molecule has 3 aromatic heterocycles. The van der Waals surface area contributed by atoms with Crippen LogP contribution in [0, 0.1) is 10.1 Å². The van der Waals surface area contributed by atoms with Gasteiger partial charge in [0.1, 0.15) is 11.2 Å². The summed E-state index contributed by atoms with van der Waals surface area (Å²) in [5.74, 6) is 1.14. The molecule has 33 heavy (non-hydrogen) atoms. The molecule has 4 aromatic rings. The first-order valence-electron chi connectivity index (χ1n) is 10.7. The molecule has 10 nitrogen and oxygen atoms in total. The lowest BCUT2D eigenvalue weighted by Crippen LogP contribution is -2.49. The van der Waals surface area contributed by atoms with Crippen LogP contribution in [-0.2, 0) is 6.42 Å². The fraction of sp³-hybridized carbons (Fsp3) is 0.318. The maximum atomic E-state index is 12.9. The van der Waals surface area contributed by atoms with Crippen LogP contribution < -0.4 is 0 Å². The largest absolute Gasteiger partial charge is 0.345 e. The van der Waals surface area contributed by atoms with Crippen molar-refractivity contribution in [2.24, 2.45) is 0 Å². The number of nitro groups is 1. The molecule has 0 bridgehead atoms. The van der Waals surface area contributed by atoms with Crippen molar-refractivity contribution in [1.82, 2.24) is 24.9 Å². The fourth-order valence-electron chi connectivity index (χ4n) is 4.07. The molecule has 4 heterocycles. The van der Waals surface area contributed by atoms with Crippen molar-refractivity contribution < 1.29 is 14.2 Å². The summed E-state index contributed by atoms with van der Waals surface area (Å²) in [5, 5.41) is 17.9. The van der Waals surface area contributed by atoms with Gasteiger partial charge in [0.05, 0.1) is 9.80 Å². The van der Waals surface area contributed by atoms with Gasteiger partial charge in [0, 0.05) is 44.1 Å². The molecule has 1 aliphatic heterocycles. The van der Waals surface area contributed by atoms with Crippen LogP contribution in [-0.4, -0.2) is 68.5 Å². The number of piperazine rings is 1. The van der Waals surface area contributed by atoms with E-state index >= 15 is 0 Å². The highest BCUT2D eigenvalue weighted by atomic mass is 32.1. The van der Waals surface area contributed by atoms with E-state index in [2.05, 4.69) is 20.0 Å². The number of nitrogens with one attached hydrogen (secondary N) is 1. The Hall–Kier alpha value is -3.57. The molecule has 1 fully saturated rings. The summed E-state index contributed by atoms with van der Waals surface area (Å²) >= 11 is 1.58. The summed E-state index contributed by atoms with van der Waals surface area (Å²) in [7, 11) is 0. The van der Waals surface area contributed by atoms with E-state index in [9.17, 15) is 14.9 Å². The van der Waals surface area contributed by atoms with Gasteiger partial charge < -0.3 is 14.4 Å². The van der Waals surface area contributed by atoms with Gasteiger partial charge in [-0.1, -0.05) is 23.4 Å². The van der Waals surface area contributed by atoms with Crippen molar-refractivity contribution in [2.75, 3.05) is 32.7 Å². The zero-order chi connectivity index (χ0) is 22.8. The van der Waals surface area contributed by atoms with E-state index in [1.807, 2.05) is 17.5 Å². The Morgan fingerprint density at radius 1 is 1.21 bits per heavy atom. The number of benzene rings is 1. The van der Waals surface area contributed by atoms with E-state index in [1.165, 1.54) is 6.07 Å². The molecule has 0 radical (unpaired) electrons. The predicted octanol–water partition coefficient (Wildman–Crippen LogP) is 3.58. The number of rotatable bonds is 7. The SMILES string of the molecule is O=C(c1cc2cccc([N+](=O)[O-])c2[nH]1)N1CCN(CCCc2nc(-c3cccs3)no2)CC1. The minimum absolute atomic E-state index is 0.0277. The van der Waals surface area contributed by atoms with Crippen molar-refractivity contribution in [2.45, 2.75) is 12.8 Å². The third kappa shape index (κ3) is 4.50. The van der Waals surface area contributed by atoms with Crippen LogP contribution in [0.25, 0.3) is 21.6 Å². The number of thiophene rings is 1. The minimum Gasteiger partial charge on any atom is -0.345 e. The average Bonchev–Trinajstić information content (AvgIpc) is 3.59. The number of hydrogen-bond donors (Lipinski definition) is 1. The van der Waals surface area contributed by atoms with Gasteiger partial charge in [-0.05, 0) is 30.5 Å². The van der Waals surface area contributed by atoms with Crippen LogP contribution >= 0.6 is 11.3 Å². The third-order valence-electron chi connectivity index (χ3n) is 5.80. The smallest absolute Gasteiger partial charge is 0.293 e. The number of amides is 1. The van der Waals surface area contributed by atoms with Crippen molar-refractivity contribution in [1.29, 1.82) is 0 Å². The number of non-ortho nitro benzene ring substituents is 1. The number of carbonyl (C=O) groups is 1. The second-order valence-corrected chi connectivity index (χ2v) is 8.86. The standard InChI is InChI=1S/C22H22N6O4S/c29-22(16-14-15-4-1-5-17(28(30)31)20(15)23-16)27-11-9-26(10-12-27)8-2-7-19-24-21(25-32-19)18-6-3-13-33-18/h1,3-6,13-14,23H,2,7-12H2. The summed E-state index contributed by atoms with van der Waals surface area (Å²) in [5.41, 5.74) is 0.735. The third-order valence-corrected chi connectivity index (χ3v) is 6.66. The van der Waals surface area contributed by atoms with E-state index in [1.54, 1.807) is 34.4 Å². The van der Waals surface area contributed by atoms with Crippen LogP contribution in [0.2, 0.25) is 0 Å². The summed E-state index contributed by atoms with van der Waals surface area (Å²) in [4.78, 5) is 36.2. The van der Waals surface area contributed by atoms with Crippen molar-refractivity contribution in [3.63, 3.8) is 0 Å². The lowest BCUT2D eigenvalue weighted by Gasteiger charge is -2.34. The highest BCUT2D eigenvalue weighted by Gasteiger charge is 2.24. The van der Waals surface area contributed by atoms with Crippen LogP contribution in [0.1, 0.15) is 22.8 Å². The Bertz CT molecular complexity index is 1270. The molecular weight excluding hydrogens is 444 g/mol. The van der Waals surface area contributed by atoms with Crippen LogP contribution in [0.5, 0.6) is 0 Å². The van der Waals surface area contributed by atoms with E-state index in [0.29, 0.717) is 47.8 Å². The monoisotopic (exact) mass is 466 g/mol. The molecule has 0 unspecified atom stereocenters. The first-order valence-corrected chi connectivity index (χ1v) is 11.6. The molecule has 0 spiro atoms. The predicted molar refractivity (Wildman–Crippen MR) is 123 cm³/mol. The van der Waals surface area contributed by atoms with Crippen molar-refractivity contribution in [3.8, 4) is 10.7 Å². The van der Waals surface area contributed by atoms with Gasteiger partial charge in [-0.3, -0.25) is 19.8 Å². The number of para-hydroxylation sites is 1. The minimum atomic E-state index is -0.441. The summed E-state index contributed by atoms with van der Waals surface area (Å²) in [6, 6.07) is 10.4. The van der Waals surface area contributed by atoms with E-state index in [-0.39, 0.29) is 11.6 Å². The second-order valence-electron chi connectivity index (χ2n) is 7.91. The maximum Gasteiger partial charge on any atom is 0.293 e. The van der Waals surface area contributed by atoms with Gasteiger partial charge in [-0.25, -0.2) is 0 Å². The molecule has 5 rings (SSSR count). The van der Waals surface area contributed by atoms with Crippen LogP contribution in [0.3, 0.4) is 0 Å². The molecule has 170 valence electrons. The van der Waals surface area contributed by atoms with E-state index < -0.39 is 4.92 Å². The summed E-state index contributed by atoms with van der Waals surface area (Å²) in [6.07, 6.45) is 1.61. The van der Waals surface area contributed by atoms with Crippen LogP contribution in [0.4, 0.5) is 5.69 Å². The highest BCUT2D eigenvalue weighted by Crippen LogP contribution is 2.26. The number of aromatic nitrogens is 3. The number of hydrogen-bond acceptors (Lipinski definition) is 8. The first kappa shape index (κ1) is 21.3. The zero-order valence-electron chi connectivity index (χ0n) is 17.8. The second kappa shape index (κ2) is 9.12. The highest BCUT2D eigenvalue weighted by molar-refractivity contribution is 7.13. The van der Waals surface area contributed by atoms with Crippen LogP contribution in [0.15, 0.2) is 46.3 Å². The average molecular weight is 467 g/mol. The topological polar surface area (TPSA) is 121 Å². The molecule has 0 atom stereocenters. The fourth-order valence-corrected chi connectivity index (χ4v) is 4.72. The number of aromatic amines is 1. The number of nitro benzene ring substituents is 1. The number of H-pyrrole nitrogens is 1. The maximum absolute atomic E-state index is 12.9.